The molecule has 1 saturated heterocycles. The molecule has 1 aliphatic heterocycles. The van der Waals surface area contributed by atoms with Crippen molar-refractivity contribution < 1.29 is 9.15 Å². The molecule has 0 amide bonds. The van der Waals surface area contributed by atoms with Gasteiger partial charge in [0.05, 0.1) is 12.4 Å². The Labute approximate surface area is 143 Å². The second-order valence-electron chi connectivity index (χ2n) is 5.03. The Morgan fingerprint density at radius 3 is 2.86 bits per heavy atom. The van der Waals surface area contributed by atoms with Crippen LogP contribution in [-0.2, 0) is 11.2 Å². The fraction of sp³-hybridized carbons (Fsp3) is 0.667. The SMILES string of the molecule is CN=C(NCCc1ccco1)NCCC1CCCCO1.I. The molecule has 1 aromatic rings. The van der Waals surface area contributed by atoms with Crippen LogP contribution in [0.2, 0.25) is 0 Å². The van der Waals surface area contributed by atoms with Crippen molar-refractivity contribution in [3.63, 3.8) is 0 Å². The summed E-state index contributed by atoms with van der Waals surface area (Å²) in [6.07, 6.45) is 7.70. The highest BCUT2D eigenvalue weighted by Crippen LogP contribution is 2.14. The quantitative estimate of drug-likeness (QED) is 0.433. The number of hydrogen-bond donors (Lipinski definition) is 2. The first-order valence-corrected chi connectivity index (χ1v) is 7.47. The van der Waals surface area contributed by atoms with Crippen LogP contribution in [0, 0.1) is 0 Å². The second kappa shape index (κ2) is 10.9. The molecule has 21 heavy (non-hydrogen) atoms. The summed E-state index contributed by atoms with van der Waals surface area (Å²) >= 11 is 0. The van der Waals surface area contributed by atoms with Crippen LogP contribution in [0.3, 0.4) is 0 Å². The molecule has 2 rings (SSSR count). The minimum atomic E-state index is 0. The van der Waals surface area contributed by atoms with Crippen molar-refractivity contribution in [2.45, 2.75) is 38.2 Å². The Balaban J connectivity index is 0.00000220. The van der Waals surface area contributed by atoms with E-state index >= 15 is 0 Å². The van der Waals surface area contributed by atoms with Gasteiger partial charge in [-0.3, -0.25) is 4.99 Å². The van der Waals surface area contributed by atoms with Crippen LogP contribution in [0.1, 0.15) is 31.4 Å². The van der Waals surface area contributed by atoms with E-state index in [1.807, 2.05) is 12.1 Å². The van der Waals surface area contributed by atoms with E-state index in [0.717, 1.165) is 44.3 Å². The van der Waals surface area contributed by atoms with E-state index in [1.54, 1.807) is 13.3 Å². The van der Waals surface area contributed by atoms with Crippen LogP contribution in [0.25, 0.3) is 0 Å². The first-order chi connectivity index (χ1) is 9.88. The molecular weight excluding hydrogens is 381 g/mol. The van der Waals surface area contributed by atoms with E-state index in [-0.39, 0.29) is 24.0 Å². The van der Waals surface area contributed by atoms with E-state index in [1.165, 1.54) is 19.3 Å². The number of halogens is 1. The molecule has 2 heterocycles. The number of nitrogens with one attached hydrogen (secondary N) is 2. The molecule has 0 aliphatic carbocycles. The molecular formula is C15H26IN3O2. The minimum absolute atomic E-state index is 0. The molecule has 5 nitrogen and oxygen atoms in total. The third kappa shape index (κ3) is 7.17. The Bertz CT molecular complexity index is 390. The molecule has 0 spiro atoms. The van der Waals surface area contributed by atoms with Crippen LogP contribution in [0.4, 0.5) is 0 Å². The smallest absolute Gasteiger partial charge is 0.190 e. The predicted octanol–water partition coefficient (Wildman–Crippen LogP) is 2.56. The number of hydrogen-bond acceptors (Lipinski definition) is 3. The van der Waals surface area contributed by atoms with Gasteiger partial charge in [-0.2, -0.15) is 0 Å². The standard InChI is InChI=1S/C15H25N3O2.HI/c1-16-15(18-10-8-14-6-4-12-20-14)17-9-7-13-5-2-3-11-19-13;/h4,6,12-13H,2-3,5,7-11H2,1H3,(H2,16,17,18);1H. The predicted molar refractivity (Wildman–Crippen MR) is 95.4 cm³/mol. The summed E-state index contributed by atoms with van der Waals surface area (Å²) in [5.74, 6) is 1.83. The molecule has 0 saturated carbocycles. The average molecular weight is 407 g/mol. The van der Waals surface area contributed by atoms with Crippen molar-refractivity contribution in [3.05, 3.63) is 24.2 Å². The lowest BCUT2D eigenvalue weighted by Gasteiger charge is -2.23. The Kier molecular flexibility index (Phi) is 9.49. The Hall–Kier alpha value is -0.760. The fourth-order valence-corrected chi connectivity index (χ4v) is 2.37. The number of aliphatic imine (C=N–C) groups is 1. The van der Waals surface area contributed by atoms with Gasteiger partial charge in [-0.05, 0) is 37.8 Å². The third-order valence-corrected chi connectivity index (χ3v) is 3.50. The largest absolute Gasteiger partial charge is 0.469 e. The van der Waals surface area contributed by atoms with Gasteiger partial charge in [0.1, 0.15) is 5.76 Å². The maximum atomic E-state index is 5.71. The maximum absolute atomic E-state index is 5.71. The molecule has 6 heteroatoms. The van der Waals surface area contributed by atoms with E-state index in [9.17, 15) is 0 Å². The molecule has 1 aromatic heterocycles. The first kappa shape index (κ1) is 18.3. The van der Waals surface area contributed by atoms with Gasteiger partial charge in [0.2, 0.25) is 0 Å². The molecule has 0 aromatic carbocycles. The number of furan rings is 1. The van der Waals surface area contributed by atoms with Crippen molar-refractivity contribution in [2.24, 2.45) is 4.99 Å². The van der Waals surface area contributed by atoms with Crippen LogP contribution in [-0.4, -0.2) is 38.8 Å². The van der Waals surface area contributed by atoms with Crippen molar-refractivity contribution >= 4 is 29.9 Å². The van der Waals surface area contributed by atoms with Gasteiger partial charge in [0.15, 0.2) is 5.96 Å². The number of nitrogens with zero attached hydrogens (tertiary/aromatic N) is 1. The minimum Gasteiger partial charge on any atom is -0.469 e. The van der Waals surface area contributed by atoms with Crippen LogP contribution < -0.4 is 10.6 Å². The van der Waals surface area contributed by atoms with Crippen molar-refractivity contribution in [1.29, 1.82) is 0 Å². The highest BCUT2D eigenvalue weighted by Gasteiger charge is 2.13. The second-order valence-corrected chi connectivity index (χ2v) is 5.03. The molecule has 0 bridgehead atoms. The summed E-state index contributed by atoms with van der Waals surface area (Å²) in [5, 5.41) is 6.61. The van der Waals surface area contributed by atoms with Crippen molar-refractivity contribution in [2.75, 3.05) is 26.7 Å². The molecule has 0 radical (unpaired) electrons. The molecule has 1 unspecified atom stereocenters. The zero-order chi connectivity index (χ0) is 14.0. The molecule has 2 N–H and O–H groups in total. The zero-order valence-electron chi connectivity index (χ0n) is 12.6. The molecule has 120 valence electrons. The monoisotopic (exact) mass is 407 g/mol. The number of guanidine groups is 1. The summed E-state index contributed by atoms with van der Waals surface area (Å²) in [7, 11) is 1.79. The lowest BCUT2D eigenvalue weighted by molar-refractivity contribution is 0.0122. The van der Waals surface area contributed by atoms with Crippen LogP contribution in [0.5, 0.6) is 0 Å². The first-order valence-electron chi connectivity index (χ1n) is 7.47. The Morgan fingerprint density at radius 1 is 1.33 bits per heavy atom. The highest BCUT2D eigenvalue weighted by atomic mass is 127. The summed E-state index contributed by atoms with van der Waals surface area (Å²) in [4.78, 5) is 4.21. The van der Waals surface area contributed by atoms with Gasteiger partial charge in [-0.15, -0.1) is 24.0 Å². The topological polar surface area (TPSA) is 58.8 Å². The Morgan fingerprint density at radius 2 is 2.19 bits per heavy atom. The van der Waals surface area contributed by atoms with Gasteiger partial charge >= 0.3 is 0 Å². The summed E-state index contributed by atoms with van der Waals surface area (Å²) < 4.78 is 11.0. The summed E-state index contributed by atoms with van der Waals surface area (Å²) in [6, 6.07) is 3.89. The van der Waals surface area contributed by atoms with Crippen LogP contribution >= 0.6 is 24.0 Å². The van der Waals surface area contributed by atoms with E-state index in [0.29, 0.717) is 6.10 Å². The maximum Gasteiger partial charge on any atom is 0.190 e. The van der Waals surface area contributed by atoms with E-state index < -0.39 is 0 Å². The lowest BCUT2D eigenvalue weighted by atomic mass is 10.1. The molecule has 1 aliphatic rings. The van der Waals surface area contributed by atoms with E-state index in [2.05, 4.69) is 15.6 Å². The van der Waals surface area contributed by atoms with Crippen LogP contribution in [0.15, 0.2) is 27.8 Å². The number of rotatable bonds is 6. The molecule has 1 fully saturated rings. The van der Waals surface area contributed by atoms with Gasteiger partial charge in [-0.25, -0.2) is 0 Å². The average Bonchev–Trinajstić information content (AvgIpc) is 3.00. The fourth-order valence-electron chi connectivity index (χ4n) is 2.37. The van der Waals surface area contributed by atoms with E-state index in [4.69, 9.17) is 9.15 Å². The summed E-state index contributed by atoms with van der Waals surface area (Å²) in [5.41, 5.74) is 0. The van der Waals surface area contributed by atoms with Crippen molar-refractivity contribution in [1.82, 2.24) is 10.6 Å². The van der Waals surface area contributed by atoms with Gasteiger partial charge in [0, 0.05) is 33.2 Å². The van der Waals surface area contributed by atoms with Gasteiger partial charge < -0.3 is 19.8 Å². The lowest BCUT2D eigenvalue weighted by Crippen LogP contribution is -2.39. The molecule has 1 atom stereocenters. The van der Waals surface area contributed by atoms with Crippen molar-refractivity contribution in [3.8, 4) is 0 Å². The number of ether oxygens (including phenoxy) is 1. The highest BCUT2D eigenvalue weighted by molar-refractivity contribution is 14.0. The summed E-state index contributed by atoms with van der Waals surface area (Å²) in [6.45, 7) is 2.62. The van der Waals surface area contributed by atoms with Gasteiger partial charge in [-0.1, -0.05) is 0 Å². The van der Waals surface area contributed by atoms with Gasteiger partial charge in [0.25, 0.3) is 0 Å². The normalized spacial score (nSPS) is 18.9. The zero-order valence-corrected chi connectivity index (χ0v) is 15.0. The third-order valence-electron chi connectivity index (χ3n) is 3.50.